The monoisotopic (exact) mass is 480 g/mol. The van der Waals surface area contributed by atoms with Crippen molar-refractivity contribution in [3.63, 3.8) is 0 Å². The van der Waals surface area contributed by atoms with Crippen molar-refractivity contribution in [3.05, 3.63) is 89.0 Å². The van der Waals surface area contributed by atoms with Gasteiger partial charge in [0, 0.05) is 30.4 Å². The van der Waals surface area contributed by atoms with Crippen molar-refractivity contribution < 1.29 is 17.9 Å². The maximum atomic E-state index is 13.1. The zero-order valence-electron chi connectivity index (χ0n) is 20.3. The molecule has 0 atom stereocenters. The van der Waals surface area contributed by atoms with Gasteiger partial charge in [0.25, 0.3) is 5.91 Å². The predicted molar refractivity (Wildman–Crippen MR) is 136 cm³/mol. The number of amides is 1. The fourth-order valence-electron chi connectivity index (χ4n) is 3.51. The Hall–Kier alpha value is -3.16. The summed E-state index contributed by atoms with van der Waals surface area (Å²) in [6.07, 6.45) is 0. The van der Waals surface area contributed by atoms with Crippen molar-refractivity contribution in [3.8, 4) is 5.75 Å². The fourth-order valence-corrected chi connectivity index (χ4v) is 4.66. The molecule has 0 heterocycles. The van der Waals surface area contributed by atoms with Gasteiger partial charge in [-0.05, 0) is 67.8 Å². The summed E-state index contributed by atoms with van der Waals surface area (Å²) >= 11 is 0. The molecule has 3 aromatic carbocycles. The fraction of sp³-hybridized carbons (Fsp3) is 0.296. The van der Waals surface area contributed by atoms with Crippen molar-refractivity contribution in [2.24, 2.45) is 0 Å². The highest BCUT2D eigenvalue weighted by molar-refractivity contribution is 7.89. The van der Waals surface area contributed by atoms with Crippen LogP contribution in [0.1, 0.15) is 53.7 Å². The van der Waals surface area contributed by atoms with Gasteiger partial charge in [-0.3, -0.25) is 4.79 Å². The lowest BCUT2D eigenvalue weighted by molar-refractivity contribution is 0.102. The van der Waals surface area contributed by atoms with Crippen molar-refractivity contribution >= 4 is 21.6 Å². The first-order valence-electron chi connectivity index (χ1n) is 11.3. The quantitative estimate of drug-likeness (QED) is 0.433. The standard InChI is InChI=1S/C27H32N2O4S/c1-6-33-26-16-11-22(27(30)28-24-12-9-21(10-13-24)19(2)3)17-23(26)18-29(5)34(31,32)25-14-7-20(4)8-15-25/h7-17,19H,6,18H2,1-5H3,(H,28,30). The number of nitrogens with zero attached hydrogens (tertiary/aromatic N) is 1. The lowest BCUT2D eigenvalue weighted by Gasteiger charge is -2.20. The molecule has 3 aromatic rings. The van der Waals surface area contributed by atoms with Crippen molar-refractivity contribution in [1.82, 2.24) is 4.31 Å². The average molecular weight is 481 g/mol. The van der Waals surface area contributed by atoms with E-state index in [1.54, 1.807) is 42.5 Å². The van der Waals surface area contributed by atoms with E-state index in [0.717, 1.165) is 5.56 Å². The molecule has 0 saturated heterocycles. The number of benzene rings is 3. The van der Waals surface area contributed by atoms with Crippen LogP contribution in [0.15, 0.2) is 71.6 Å². The summed E-state index contributed by atoms with van der Waals surface area (Å²) in [6.45, 7) is 8.49. The van der Waals surface area contributed by atoms with E-state index < -0.39 is 10.0 Å². The number of anilines is 1. The van der Waals surface area contributed by atoms with Gasteiger partial charge in [-0.25, -0.2) is 8.42 Å². The lowest BCUT2D eigenvalue weighted by Crippen LogP contribution is -2.27. The third-order valence-electron chi connectivity index (χ3n) is 5.58. The number of ether oxygens (including phenoxy) is 1. The Morgan fingerprint density at radius 3 is 2.24 bits per heavy atom. The second-order valence-electron chi connectivity index (χ2n) is 8.56. The minimum Gasteiger partial charge on any atom is -0.494 e. The lowest BCUT2D eigenvalue weighted by atomic mass is 10.0. The van der Waals surface area contributed by atoms with Crippen molar-refractivity contribution in [2.45, 2.75) is 45.1 Å². The Morgan fingerprint density at radius 2 is 1.65 bits per heavy atom. The second kappa shape index (κ2) is 10.8. The largest absolute Gasteiger partial charge is 0.494 e. The first-order valence-corrected chi connectivity index (χ1v) is 12.8. The smallest absolute Gasteiger partial charge is 0.255 e. The number of nitrogens with one attached hydrogen (secondary N) is 1. The van der Waals surface area contributed by atoms with Gasteiger partial charge in [-0.15, -0.1) is 0 Å². The van der Waals surface area contributed by atoms with Gasteiger partial charge in [0.05, 0.1) is 11.5 Å². The van der Waals surface area contributed by atoms with E-state index in [0.29, 0.717) is 35.1 Å². The summed E-state index contributed by atoms with van der Waals surface area (Å²) in [7, 11) is -2.18. The van der Waals surface area contributed by atoms with Gasteiger partial charge in [-0.1, -0.05) is 43.7 Å². The Bertz CT molecular complexity index is 1230. The molecule has 180 valence electrons. The van der Waals surface area contributed by atoms with E-state index in [1.165, 1.54) is 16.9 Å². The van der Waals surface area contributed by atoms with Crippen LogP contribution in [-0.4, -0.2) is 32.3 Å². The van der Waals surface area contributed by atoms with Crippen molar-refractivity contribution in [2.75, 3.05) is 19.0 Å². The SMILES string of the molecule is CCOc1ccc(C(=O)Nc2ccc(C(C)C)cc2)cc1CN(C)S(=O)(=O)c1ccc(C)cc1. The molecule has 0 bridgehead atoms. The van der Waals surface area contributed by atoms with E-state index in [2.05, 4.69) is 19.2 Å². The van der Waals surface area contributed by atoms with E-state index in [4.69, 9.17) is 4.74 Å². The van der Waals surface area contributed by atoms with E-state index >= 15 is 0 Å². The van der Waals surface area contributed by atoms with Crippen LogP contribution in [0, 0.1) is 6.92 Å². The normalized spacial score (nSPS) is 11.6. The highest BCUT2D eigenvalue weighted by Gasteiger charge is 2.23. The van der Waals surface area contributed by atoms with Gasteiger partial charge >= 0.3 is 0 Å². The van der Waals surface area contributed by atoms with Crippen LogP contribution in [0.2, 0.25) is 0 Å². The van der Waals surface area contributed by atoms with Crippen LogP contribution < -0.4 is 10.1 Å². The topological polar surface area (TPSA) is 75.7 Å². The van der Waals surface area contributed by atoms with Crippen LogP contribution in [0.5, 0.6) is 5.75 Å². The van der Waals surface area contributed by atoms with Gasteiger partial charge in [0.15, 0.2) is 0 Å². The molecule has 1 amide bonds. The maximum Gasteiger partial charge on any atom is 0.255 e. The summed E-state index contributed by atoms with van der Waals surface area (Å²) < 4.78 is 33.1. The molecule has 0 aromatic heterocycles. The van der Waals surface area contributed by atoms with E-state index in [9.17, 15) is 13.2 Å². The molecular formula is C27H32N2O4S. The van der Waals surface area contributed by atoms with Crippen LogP contribution in [0.25, 0.3) is 0 Å². The number of sulfonamides is 1. The third-order valence-corrected chi connectivity index (χ3v) is 7.40. The zero-order chi connectivity index (χ0) is 24.9. The molecule has 0 aliphatic heterocycles. The molecule has 0 unspecified atom stereocenters. The molecular weight excluding hydrogens is 448 g/mol. The number of hydrogen-bond acceptors (Lipinski definition) is 4. The molecule has 6 nitrogen and oxygen atoms in total. The average Bonchev–Trinajstić information content (AvgIpc) is 2.80. The first-order chi connectivity index (χ1) is 16.1. The summed E-state index contributed by atoms with van der Waals surface area (Å²) in [4.78, 5) is 13.1. The Balaban J connectivity index is 1.83. The maximum absolute atomic E-state index is 13.1. The Labute approximate surface area is 202 Å². The molecule has 1 N–H and O–H groups in total. The number of carbonyl (C=O) groups excluding carboxylic acids is 1. The summed E-state index contributed by atoms with van der Waals surface area (Å²) in [5.41, 5.74) is 3.91. The second-order valence-corrected chi connectivity index (χ2v) is 10.6. The van der Waals surface area contributed by atoms with Gasteiger partial charge < -0.3 is 10.1 Å². The van der Waals surface area contributed by atoms with Crippen LogP contribution in [0.4, 0.5) is 5.69 Å². The zero-order valence-corrected chi connectivity index (χ0v) is 21.1. The first kappa shape index (κ1) is 25.5. The minimum atomic E-state index is -3.70. The summed E-state index contributed by atoms with van der Waals surface area (Å²) in [5.74, 6) is 0.684. The van der Waals surface area contributed by atoms with Gasteiger partial charge in [0.2, 0.25) is 10.0 Å². The minimum absolute atomic E-state index is 0.0652. The Morgan fingerprint density at radius 1 is 1.00 bits per heavy atom. The third kappa shape index (κ3) is 6.04. The van der Waals surface area contributed by atoms with E-state index in [1.807, 2.05) is 38.1 Å². The summed E-state index contributed by atoms with van der Waals surface area (Å²) in [6, 6.07) is 19.6. The van der Waals surface area contributed by atoms with Crippen LogP contribution in [0.3, 0.4) is 0 Å². The van der Waals surface area contributed by atoms with Gasteiger partial charge in [0.1, 0.15) is 5.75 Å². The molecule has 0 radical (unpaired) electrons. The molecule has 0 fully saturated rings. The number of aryl methyl sites for hydroxylation is 1. The van der Waals surface area contributed by atoms with Crippen LogP contribution >= 0.6 is 0 Å². The molecule has 0 aliphatic carbocycles. The summed E-state index contributed by atoms with van der Waals surface area (Å²) in [5, 5.41) is 2.91. The number of rotatable bonds is 9. The molecule has 0 spiro atoms. The number of hydrogen-bond donors (Lipinski definition) is 1. The van der Waals surface area contributed by atoms with E-state index in [-0.39, 0.29) is 17.3 Å². The number of carbonyl (C=O) groups is 1. The molecule has 34 heavy (non-hydrogen) atoms. The molecule has 3 rings (SSSR count). The van der Waals surface area contributed by atoms with Gasteiger partial charge in [-0.2, -0.15) is 4.31 Å². The molecule has 0 saturated carbocycles. The van der Waals surface area contributed by atoms with Crippen LogP contribution in [-0.2, 0) is 16.6 Å². The molecule has 7 heteroatoms. The molecule has 0 aliphatic rings. The highest BCUT2D eigenvalue weighted by Crippen LogP contribution is 2.26. The highest BCUT2D eigenvalue weighted by atomic mass is 32.2. The Kier molecular flexibility index (Phi) is 8.12. The van der Waals surface area contributed by atoms with Crippen molar-refractivity contribution in [1.29, 1.82) is 0 Å². The predicted octanol–water partition coefficient (Wildman–Crippen LogP) is 5.59.